The highest BCUT2D eigenvalue weighted by atomic mass is 32.1. The van der Waals surface area contributed by atoms with Crippen molar-refractivity contribution in [1.82, 2.24) is 4.90 Å². The van der Waals surface area contributed by atoms with Gasteiger partial charge in [0.15, 0.2) is 0 Å². The first-order valence-electron chi connectivity index (χ1n) is 6.06. The van der Waals surface area contributed by atoms with Crippen molar-refractivity contribution in [3.63, 3.8) is 0 Å². The van der Waals surface area contributed by atoms with Crippen molar-refractivity contribution in [2.45, 2.75) is 32.9 Å². The second-order valence-electron chi connectivity index (χ2n) is 4.75. The van der Waals surface area contributed by atoms with Crippen LogP contribution in [0.1, 0.15) is 24.5 Å². The number of rotatable bonds is 6. The summed E-state index contributed by atoms with van der Waals surface area (Å²) in [6, 6.07) is 6.55. The summed E-state index contributed by atoms with van der Waals surface area (Å²) in [5.41, 5.74) is 8.01. The molecule has 1 aromatic rings. The molecule has 18 heavy (non-hydrogen) atoms. The van der Waals surface area contributed by atoms with Crippen LogP contribution in [0.15, 0.2) is 18.2 Å². The fourth-order valence-electron chi connectivity index (χ4n) is 1.90. The van der Waals surface area contributed by atoms with Gasteiger partial charge in [-0.2, -0.15) is 0 Å². The van der Waals surface area contributed by atoms with E-state index in [4.69, 9.17) is 22.7 Å². The summed E-state index contributed by atoms with van der Waals surface area (Å²) in [4.78, 5) is 2.79. The molecule has 0 heterocycles. The third-order valence-corrected chi connectivity index (χ3v) is 3.27. The molecule has 0 aromatic heterocycles. The molecule has 4 heteroatoms. The van der Waals surface area contributed by atoms with Gasteiger partial charge in [-0.15, -0.1) is 0 Å². The average Bonchev–Trinajstić information content (AvgIpc) is 2.28. The van der Waals surface area contributed by atoms with Gasteiger partial charge < -0.3 is 10.5 Å². The molecule has 1 atom stereocenters. The molecule has 1 unspecified atom stereocenters. The van der Waals surface area contributed by atoms with Gasteiger partial charge in [0.2, 0.25) is 0 Å². The first-order chi connectivity index (χ1) is 8.43. The minimum Gasteiger partial charge on any atom is -0.496 e. The molecule has 0 amide bonds. The molecule has 2 N–H and O–H groups in total. The molecule has 0 aliphatic heterocycles. The van der Waals surface area contributed by atoms with Crippen LogP contribution in [0.4, 0.5) is 0 Å². The standard InChI is InChI=1S/C14H22N2OS/c1-10-5-6-13(17-4)12(7-10)9-16(3)11(2)8-14(15)18/h5-7,11H,8-9H2,1-4H3,(H2,15,18). The number of methoxy groups -OCH3 is 1. The van der Waals surface area contributed by atoms with Gasteiger partial charge in [-0.1, -0.05) is 29.9 Å². The summed E-state index contributed by atoms with van der Waals surface area (Å²) in [6.45, 7) is 5.04. The molecule has 0 radical (unpaired) electrons. The van der Waals surface area contributed by atoms with Crippen molar-refractivity contribution < 1.29 is 4.74 Å². The Labute approximate surface area is 115 Å². The van der Waals surface area contributed by atoms with Gasteiger partial charge in [0, 0.05) is 24.6 Å². The van der Waals surface area contributed by atoms with Crippen LogP contribution < -0.4 is 10.5 Å². The van der Waals surface area contributed by atoms with E-state index >= 15 is 0 Å². The van der Waals surface area contributed by atoms with Gasteiger partial charge in [-0.3, -0.25) is 4.90 Å². The number of thiocarbonyl (C=S) groups is 1. The molecule has 1 aromatic carbocycles. The maximum absolute atomic E-state index is 5.58. The molecule has 3 nitrogen and oxygen atoms in total. The van der Waals surface area contributed by atoms with Crippen LogP contribution in [0.3, 0.4) is 0 Å². The average molecular weight is 266 g/mol. The Bertz CT molecular complexity index is 420. The first-order valence-corrected chi connectivity index (χ1v) is 6.47. The highest BCUT2D eigenvalue weighted by Crippen LogP contribution is 2.22. The van der Waals surface area contributed by atoms with Gasteiger partial charge in [0.1, 0.15) is 5.75 Å². The number of nitrogens with two attached hydrogens (primary N) is 1. The maximum atomic E-state index is 5.58. The van der Waals surface area contributed by atoms with Crippen molar-refractivity contribution >= 4 is 17.2 Å². The maximum Gasteiger partial charge on any atom is 0.123 e. The van der Waals surface area contributed by atoms with E-state index < -0.39 is 0 Å². The Morgan fingerprint density at radius 1 is 1.50 bits per heavy atom. The van der Waals surface area contributed by atoms with Crippen molar-refractivity contribution in [2.75, 3.05) is 14.2 Å². The lowest BCUT2D eigenvalue weighted by Crippen LogP contribution is -2.32. The third kappa shape index (κ3) is 4.27. The van der Waals surface area contributed by atoms with E-state index in [1.165, 1.54) is 11.1 Å². The Morgan fingerprint density at radius 2 is 2.17 bits per heavy atom. The number of hydrogen-bond donors (Lipinski definition) is 1. The Balaban J connectivity index is 2.77. The Hall–Kier alpha value is -1.13. The Morgan fingerprint density at radius 3 is 2.72 bits per heavy atom. The summed E-state index contributed by atoms with van der Waals surface area (Å²) in [5.74, 6) is 0.926. The smallest absolute Gasteiger partial charge is 0.123 e. The zero-order valence-corrected chi connectivity index (χ0v) is 12.4. The number of aryl methyl sites for hydroxylation is 1. The van der Waals surface area contributed by atoms with E-state index in [-0.39, 0.29) is 0 Å². The van der Waals surface area contributed by atoms with Crippen molar-refractivity contribution in [3.8, 4) is 5.75 Å². The van der Waals surface area contributed by atoms with E-state index in [2.05, 4.69) is 37.9 Å². The number of hydrogen-bond acceptors (Lipinski definition) is 3. The summed E-state index contributed by atoms with van der Waals surface area (Å²) >= 11 is 4.95. The van der Waals surface area contributed by atoms with Crippen LogP contribution in [0, 0.1) is 6.92 Å². The number of ether oxygens (including phenoxy) is 1. The van der Waals surface area contributed by atoms with Crippen LogP contribution in [0.25, 0.3) is 0 Å². The lowest BCUT2D eigenvalue weighted by Gasteiger charge is -2.25. The van der Waals surface area contributed by atoms with E-state index in [0.29, 0.717) is 11.0 Å². The summed E-state index contributed by atoms with van der Waals surface area (Å²) in [7, 11) is 3.78. The molecule has 1 rings (SSSR count). The molecule has 0 spiro atoms. The van der Waals surface area contributed by atoms with Crippen molar-refractivity contribution in [3.05, 3.63) is 29.3 Å². The van der Waals surface area contributed by atoms with Gasteiger partial charge in [0.05, 0.1) is 12.1 Å². The quantitative estimate of drug-likeness (QED) is 0.803. The number of benzene rings is 1. The molecule has 0 aliphatic rings. The van der Waals surface area contributed by atoms with E-state index in [0.717, 1.165) is 18.7 Å². The van der Waals surface area contributed by atoms with Gasteiger partial charge in [0.25, 0.3) is 0 Å². The second-order valence-corrected chi connectivity index (χ2v) is 5.27. The fraction of sp³-hybridized carbons (Fsp3) is 0.500. The highest BCUT2D eigenvalue weighted by Gasteiger charge is 2.13. The molecule has 0 fully saturated rings. The zero-order valence-electron chi connectivity index (χ0n) is 11.6. The topological polar surface area (TPSA) is 38.5 Å². The van der Waals surface area contributed by atoms with Crippen molar-refractivity contribution in [2.24, 2.45) is 5.73 Å². The monoisotopic (exact) mass is 266 g/mol. The van der Waals surface area contributed by atoms with Gasteiger partial charge >= 0.3 is 0 Å². The predicted octanol–water partition coefficient (Wildman–Crippen LogP) is 2.50. The second kappa shape index (κ2) is 6.71. The lowest BCUT2D eigenvalue weighted by molar-refractivity contribution is 0.251. The normalized spacial score (nSPS) is 12.5. The largest absolute Gasteiger partial charge is 0.496 e. The number of nitrogens with zero attached hydrogens (tertiary/aromatic N) is 1. The molecule has 0 saturated carbocycles. The highest BCUT2D eigenvalue weighted by molar-refractivity contribution is 7.80. The van der Waals surface area contributed by atoms with Crippen molar-refractivity contribution in [1.29, 1.82) is 0 Å². The van der Waals surface area contributed by atoms with E-state index in [1.54, 1.807) is 7.11 Å². The van der Waals surface area contributed by atoms with Gasteiger partial charge in [-0.25, -0.2) is 0 Å². The minimum atomic E-state index is 0.327. The third-order valence-electron chi connectivity index (χ3n) is 3.10. The van der Waals surface area contributed by atoms with E-state index in [1.807, 2.05) is 6.07 Å². The minimum absolute atomic E-state index is 0.327. The zero-order chi connectivity index (χ0) is 13.7. The summed E-state index contributed by atoms with van der Waals surface area (Å²) in [6.07, 6.45) is 0.736. The fourth-order valence-corrected chi connectivity index (χ4v) is 2.14. The SMILES string of the molecule is COc1ccc(C)cc1CN(C)C(C)CC(N)=S. The molecule has 0 saturated heterocycles. The van der Waals surface area contributed by atoms with Crippen LogP contribution in [-0.2, 0) is 6.54 Å². The summed E-state index contributed by atoms with van der Waals surface area (Å²) < 4.78 is 5.38. The van der Waals surface area contributed by atoms with Gasteiger partial charge in [-0.05, 0) is 27.0 Å². The summed E-state index contributed by atoms with van der Waals surface area (Å²) in [5, 5.41) is 0. The molecular weight excluding hydrogens is 244 g/mol. The molecule has 0 aliphatic carbocycles. The molecule has 0 bridgehead atoms. The molecular formula is C14H22N2OS. The van der Waals surface area contributed by atoms with Crippen LogP contribution in [0.5, 0.6) is 5.75 Å². The lowest BCUT2D eigenvalue weighted by atomic mass is 10.1. The molecule has 100 valence electrons. The van der Waals surface area contributed by atoms with Crippen LogP contribution in [0.2, 0.25) is 0 Å². The Kier molecular flexibility index (Phi) is 5.56. The predicted molar refractivity (Wildman–Crippen MR) is 80.1 cm³/mol. The van der Waals surface area contributed by atoms with Crippen LogP contribution in [-0.4, -0.2) is 30.1 Å². The van der Waals surface area contributed by atoms with E-state index in [9.17, 15) is 0 Å². The van der Waals surface area contributed by atoms with Crippen LogP contribution >= 0.6 is 12.2 Å². The first kappa shape index (κ1) is 14.9.